The fourth-order valence-electron chi connectivity index (χ4n) is 1.69. The Kier molecular flexibility index (Phi) is 3.78. The first-order valence-electron chi connectivity index (χ1n) is 5.36. The van der Waals surface area contributed by atoms with Crippen LogP contribution in [-0.4, -0.2) is 35.8 Å². The lowest BCUT2D eigenvalue weighted by molar-refractivity contribution is 0.0696. The van der Waals surface area contributed by atoms with E-state index in [0.717, 1.165) is 17.9 Å². The normalized spacial score (nSPS) is 19.0. The van der Waals surface area contributed by atoms with Gasteiger partial charge in [0.15, 0.2) is 11.5 Å². The van der Waals surface area contributed by atoms with Gasteiger partial charge in [0.1, 0.15) is 6.10 Å². The molecule has 4 nitrogen and oxygen atoms in total. The number of carboxylic acids is 1. The Morgan fingerprint density at radius 1 is 1.47 bits per heavy atom. The van der Waals surface area contributed by atoms with Crippen molar-refractivity contribution in [2.75, 3.05) is 18.6 Å². The van der Waals surface area contributed by atoms with Crippen LogP contribution in [0.4, 0.5) is 0 Å². The van der Waals surface area contributed by atoms with E-state index in [0.29, 0.717) is 11.5 Å². The van der Waals surface area contributed by atoms with Gasteiger partial charge in [-0.05, 0) is 30.4 Å². The summed E-state index contributed by atoms with van der Waals surface area (Å²) in [7, 11) is 1.55. The molecule has 1 aromatic rings. The molecule has 0 aliphatic carbocycles. The zero-order valence-corrected chi connectivity index (χ0v) is 10.3. The summed E-state index contributed by atoms with van der Waals surface area (Å²) in [6.07, 6.45) is 1.14. The van der Waals surface area contributed by atoms with Crippen LogP contribution in [0.15, 0.2) is 18.2 Å². The van der Waals surface area contributed by atoms with Crippen molar-refractivity contribution in [2.45, 2.75) is 12.5 Å². The van der Waals surface area contributed by atoms with Crippen LogP contribution in [-0.2, 0) is 0 Å². The molecule has 1 unspecified atom stereocenters. The zero-order chi connectivity index (χ0) is 12.3. The second-order valence-electron chi connectivity index (χ2n) is 3.77. The predicted octanol–water partition coefficient (Wildman–Crippen LogP) is 2.28. The fraction of sp³-hybridized carbons (Fsp3) is 0.417. The van der Waals surface area contributed by atoms with Gasteiger partial charge < -0.3 is 14.6 Å². The predicted molar refractivity (Wildman–Crippen MR) is 66.3 cm³/mol. The Balaban J connectivity index is 2.21. The van der Waals surface area contributed by atoms with Gasteiger partial charge in [0.25, 0.3) is 0 Å². The van der Waals surface area contributed by atoms with Gasteiger partial charge in [-0.2, -0.15) is 11.8 Å². The fourth-order valence-corrected chi connectivity index (χ4v) is 2.78. The van der Waals surface area contributed by atoms with E-state index in [1.54, 1.807) is 13.2 Å². The molecule has 5 heteroatoms. The largest absolute Gasteiger partial charge is 0.493 e. The molecule has 1 atom stereocenters. The molecule has 1 aromatic carbocycles. The molecule has 0 saturated carbocycles. The molecular formula is C12H14O4S. The first-order valence-corrected chi connectivity index (χ1v) is 6.52. The van der Waals surface area contributed by atoms with E-state index in [9.17, 15) is 4.79 Å². The van der Waals surface area contributed by atoms with Crippen molar-refractivity contribution in [3.8, 4) is 11.5 Å². The Morgan fingerprint density at radius 2 is 2.29 bits per heavy atom. The van der Waals surface area contributed by atoms with Crippen molar-refractivity contribution < 1.29 is 19.4 Å². The Bertz CT molecular complexity index is 413. The van der Waals surface area contributed by atoms with Crippen molar-refractivity contribution in [1.29, 1.82) is 0 Å². The van der Waals surface area contributed by atoms with E-state index in [1.165, 1.54) is 12.1 Å². The van der Waals surface area contributed by atoms with E-state index >= 15 is 0 Å². The summed E-state index contributed by atoms with van der Waals surface area (Å²) in [6.45, 7) is 0. The van der Waals surface area contributed by atoms with Crippen molar-refractivity contribution in [1.82, 2.24) is 0 Å². The van der Waals surface area contributed by atoms with Crippen LogP contribution in [0.25, 0.3) is 0 Å². The number of hydrogen-bond donors (Lipinski definition) is 1. The number of methoxy groups -OCH3 is 1. The molecule has 0 amide bonds. The second-order valence-corrected chi connectivity index (χ2v) is 4.92. The molecule has 1 aliphatic rings. The monoisotopic (exact) mass is 254 g/mol. The van der Waals surface area contributed by atoms with Crippen LogP contribution in [0.5, 0.6) is 11.5 Å². The standard InChI is InChI=1S/C12H14O4S/c1-15-10-3-2-8(12(13)14)6-11(10)16-9-4-5-17-7-9/h2-3,6,9H,4-5,7H2,1H3,(H,13,14). The minimum Gasteiger partial charge on any atom is -0.493 e. The van der Waals surface area contributed by atoms with E-state index in [1.807, 2.05) is 11.8 Å². The molecule has 0 aromatic heterocycles. The number of ether oxygens (including phenoxy) is 2. The van der Waals surface area contributed by atoms with Gasteiger partial charge in [-0.25, -0.2) is 4.79 Å². The molecule has 1 aliphatic heterocycles. The lowest BCUT2D eigenvalue weighted by Crippen LogP contribution is -2.15. The first kappa shape index (κ1) is 12.1. The number of hydrogen-bond acceptors (Lipinski definition) is 4. The molecule has 1 fully saturated rings. The quantitative estimate of drug-likeness (QED) is 0.893. The van der Waals surface area contributed by atoms with E-state index < -0.39 is 5.97 Å². The summed E-state index contributed by atoms with van der Waals surface area (Å²) in [5, 5.41) is 8.93. The van der Waals surface area contributed by atoms with Crippen LogP contribution in [0.2, 0.25) is 0 Å². The molecule has 0 spiro atoms. The van der Waals surface area contributed by atoms with Gasteiger partial charge in [0, 0.05) is 5.75 Å². The maximum Gasteiger partial charge on any atom is 0.335 e. The molecule has 0 bridgehead atoms. The molecule has 17 heavy (non-hydrogen) atoms. The summed E-state index contributed by atoms with van der Waals surface area (Å²) in [4.78, 5) is 10.9. The number of carboxylic acid groups (broad SMARTS) is 1. The highest BCUT2D eigenvalue weighted by Gasteiger charge is 2.19. The number of thioether (sulfide) groups is 1. The van der Waals surface area contributed by atoms with Gasteiger partial charge in [-0.15, -0.1) is 0 Å². The number of carbonyl (C=O) groups is 1. The number of rotatable bonds is 4. The molecule has 92 valence electrons. The molecule has 1 N–H and O–H groups in total. The van der Waals surface area contributed by atoms with Crippen LogP contribution < -0.4 is 9.47 Å². The van der Waals surface area contributed by atoms with Crippen LogP contribution >= 0.6 is 11.8 Å². The smallest absolute Gasteiger partial charge is 0.335 e. The van der Waals surface area contributed by atoms with Gasteiger partial charge in [-0.1, -0.05) is 0 Å². The molecule has 1 heterocycles. The van der Waals surface area contributed by atoms with Crippen molar-refractivity contribution in [2.24, 2.45) is 0 Å². The average Bonchev–Trinajstić information content (AvgIpc) is 2.81. The van der Waals surface area contributed by atoms with E-state index in [4.69, 9.17) is 14.6 Å². The summed E-state index contributed by atoms with van der Waals surface area (Å²) in [5.74, 6) is 2.16. The molecule has 1 saturated heterocycles. The lowest BCUT2D eigenvalue weighted by Gasteiger charge is -2.15. The topological polar surface area (TPSA) is 55.8 Å². The van der Waals surface area contributed by atoms with Crippen LogP contribution in [0, 0.1) is 0 Å². The van der Waals surface area contributed by atoms with Gasteiger partial charge >= 0.3 is 5.97 Å². The van der Waals surface area contributed by atoms with E-state index in [-0.39, 0.29) is 11.7 Å². The summed E-state index contributed by atoms with van der Waals surface area (Å²) in [6, 6.07) is 4.66. The third-order valence-corrected chi connectivity index (χ3v) is 3.72. The van der Waals surface area contributed by atoms with Crippen molar-refractivity contribution in [3.63, 3.8) is 0 Å². The minimum atomic E-state index is -0.960. The van der Waals surface area contributed by atoms with Crippen molar-refractivity contribution >= 4 is 17.7 Å². The molecule has 2 rings (SSSR count). The third kappa shape index (κ3) is 2.85. The summed E-state index contributed by atoms with van der Waals surface area (Å²) < 4.78 is 10.9. The van der Waals surface area contributed by atoms with Gasteiger partial charge in [-0.3, -0.25) is 0 Å². The Morgan fingerprint density at radius 3 is 2.88 bits per heavy atom. The third-order valence-electron chi connectivity index (χ3n) is 2.59. The highest BCUT2D eigenvalue weighted by Crippen LogP contribution is 2.31. The Labute approximate surface area is 104 Å². The number of aromatic carboxylic acids is 1. The molecular weight excluding hydrogens is 240 g/mol. The van der Waals surface area contributed by atoms with Crippen LogP contribution in [0.3, 0.4) is 0 Å². The Hall–Kier alpha value is -1.36. The van der Waals surface area contributed by atoms with Crippen LogP contribution in [0.1, 0.15) is 16.8 Å². The zero-order valence-electron chi connectivity index (χ0n) is 9.51. The van der Waals surface area contributed by atoms with Crippen molar-refractivity contribution in [3.05, 3.63) is 23.8 Å². The maximum absolute atomic E-state index is 10.9. The lowest BCUT2D eigenvalue weighted by atomic mass is 10.2. The maximum atomic E-state index is 10.9. The summed E-state index contributed by atoms with van der Waals surface area (Å²) >= 11 is 1.84. The van der Waals surface area contributed by atoms with E-state index in [2.05, 4.69) is 0 Å². The highest BCUT2D eigenvalue weighted by atomic mass is 32.2. The molecule has 0 radical (unpaired) electrons. The summed E-state index contributed by atoms with van der Waals surface area (Å²) in [5.41, 5.74) is 0.214. The van der Waals surface area contributed by atoms with Gasteiger partial charge in [0.05, 0.1) is 12.7 Å². The average molecular weight is 254 g/mol. The second kappa shape index (κ2) is 5.31. The SMILES string of the molecule is COc1ccc(C(=O)O)cc1OC1CCSC1. The number of benzene rings is 1. The van der Waals surface area contributed by atoms with Gasteiger partial charge in [0.2, 0.25) is 0 Å². The highest BCUT2D eigenvalue weighted by molar-refractivity contribution is 7.99. The minimum absolute atomic E-state index is 0.151. The first-order chi connectivity index (χ1) is 8.20.